The number of rotatable bonds is 4. The summed E-state index contributed by atoms with van der Waals surface area (Å²) in [4.78, 5) is 2.51. The number of aliphatic hydroxyl groups is 1. The van der Waals surface area contributed by atoms with Crippen LogP contribution in [0.25, 0.3) is 0 Å². The Balaban J connectivity index is 2.54. The van der Waals surface area contributed by atoms with Crippen LogP contribution in [0.4, 0.5) is 0 Å². The lowest BCUT2D eigenvalue weighted by Crippen LogP contribution is -2.44. The molecule has 114 valence electrons. The second-order valence-corrected chi connectivity index (χ2v) is 6.17. The van der Waals surface area contributed by atoms with E-state index >= 15 is 0 Å². The first-order valence-electron chi connectivity index (χ1n) is 8.71. The third-order valence-corrected chi connectivity index (χ3v) is 4.58. The van der Waals surface area contributed by atoms with Gasteiger partial charge < -0.3 is 5.11 Å². The number of aliphatic hydroxyl groups excluding tert-OH is 1. The van der Waals surface area contributed by atoms with E-state index in [-0.39, 0.29) is 6.10 Å². The molecule has 0 bridgehead atoms. The zero-order valence-corrected chi connectivity index (χ0v) is 13.2. The van der Waals surface area contributed by atoms with Gasteiger partial charge in [-0.3, -0.25) is 4.90 Å². The molecule has 0 amide bonds. The van der Waals surface area contributed by atoms with Crippen LogP contribution in [0.2, 0.25) is 0 Å². The van der Waals surface area contributed by atoms with E-state index in [9.17, 15) is 5.11 Å². The van der Waals surface area contributed by atoms with Crippen molar-refractivity contribution in [3.05, 3.63) is 0 Å². The lowest BCUT2D eigenvalue weighted by Gasteiger charge is -2.34. The van der Waals surface area contributed by atoms with Crippen molar-refractivity contribution in [2.45, 2.75) is 96.6 Å². The van der Waals surface area contributed by atoms with Gasteiger partial charge in [-0.1, -0.05) is 65.2 Å². The minimum atomic E-state index is -0.106. The Bertz CT molecular complexity index is 207. The quantitative estimate of drug-likeness (QED) is 0.819. The van der Waals surface area contributed by atoms with E-state index in [1.165, 1.54) is 64.2 Å². The first-order valence-corrected chi connectivity index (χ1v) is 8.71. The Morgan fingerprint density at radius 2 is 1.37 bits per heavy atom. The monoisotopic (exact) mass is 269 g/mol. The van der Waals surface area contributed by atoms with Crippen molar-refractivity contribution < 1.29 is 5.11 Å². The molecule has 1 saturated carbocycles. The van der Waals surface area contributed by atoms with Crippen LogP contribution in [0.1, 0.15) is 84.5 Å². The topological polar surface area (TPSA) is 23.5 Å². The molecule has 1 N–H and O–H groups in total. The molecule has 0 aromatic heterocycles. The zero-order valence-electron chi connectivity index (χ0n) is 13.2. The van der Waals surface area contributed by atoms with Gasteiger partial charge in [0.25, 0.3) is 0 Å². The van der Waals surface area contributed by atoms with Gasteiger partial charge in [-0.25, -0.2) is 0 Å². The third-order valence-electron chi connectivity index (χ3n) is 4.58. The fourth-order valence-electron chi connectivity index (χ4n) is 3.42. The van der Waals surface area contributed by atoms with Gasteiger partial charge in [0.15, 0.2) is 0 Å². The summed E-state index contributed by atoms with van der Waals surface area (Å²) in [6.07, 6.45) is 14.0. The average Bonchev–Trinajstić information content (AvgIpc) is 2.41. The molecule has 0 aromatic rings. The second-order valence-electron chi connectivity index (χ2n) is 6.17. The van der Waals surface area contributed by atoms with Crippen molar-refractivity contribution in [2.24, 2.45) is 0 Å². The molecule has 0 saturated heterocycles. The van der Waals surface area contributed by atoms with E-state index < -0.39 is 0 Å². The molecule has 2 nitrogen and oxygen atoms in total. The highest BCUT2D eigenvalue weighted by molar-refractivity contribution is 4.79. The zero-order chi connectivity index (χ0) is 13.9. The van der Waals surface area contributed by atoms with Crippen LogP contribution >= 0.6 is 0 Å². The van der Waals surface area contributed by atoms with Crippen molar-refractivity contribution in [2.75, 3.05) is 13.1 Å². The van der Waals surface area contributed by atoms with Gasteiger partial charge in [0, 0.05) is 6.04 Å². The van der Waals surface area contributed by atoms with Crippen LogP contribution in [0.3, 0.4) is 0 Å². The van der Waals surface area contributed by atoms with E-state index in [0.717, 1.165) is 19.5 Å². The minimum Gasteiger partial charge on any atom is -0.391 e. The minimum absolute atomic E-state index is 0.106. The summed E-state index contributed by atoms with van der Waals surface area (Å²) in [6, 6.07) is 0.407. The predicted molar refractivity (Wildman–Crippen MR) is 83.5 cm³/mol. The van der Waals surface area contributed by atoms with E-state index in [1.807, 2.05) is 0 Å². The van der Waals surface area contributed by atoms with Crippen LogP contribution < -0.4 is 0 Å². The molecular formula is C17H35NO. The van der Waals surface area contributed by atoms with Crippen molar-refractivity contribution in [3.63, 3.8) is 0 Å². The number of nitrogens with zero attached hydrogens (tertiary/aromatic N) is 1. The SMILES string of the molecule is CCCN(CC)C1CCCCCCCCCCC1O. The van der Waals surface area contributed by atoms with Crippen LogP contribution in [0, 0.1) is 0 Å². The Morgan fingerprint density at radius 3 is 1.89 bits per heavy atom. The summed E-state index contributed by atoms with van der Waals surface area (Å²) in [6.45, 7) is 6.69. The normalized spacial score (nSPS) is 27.8. The van der Waals surface area contributed by atoms with Gasteiger partial charge in [0.05, 0.1) is 6.10 Å². The van der Waals surface area contributed by atoms with Gasteiger partial charge in [-0.2, -0.15) is 0 Å². The molecule has 0 heterocycles. The summed E-state index contributed by atoms with van der Waals surface area (Å²) in [5.41, 5.74) is 0. The Morgan fingerprint density at radius 1 is 0.842 bits per heavy atom. The molecule has 2 atom stereocenters. The van der Waals surface area contributed by atoms with Gasteiger partial charge in [0.2, 0.25) is 0 Å². The van der Waals surface area contributed by atoms with Crippen LogP contribution in [0.5, 0.6) is 0 Å². The lowest BCUT2D eigenvalue weighted by molar-refractivity contribution is 0.0376. The van der Waals surface area contributed by atoms with Gasteiger partial charge in [0.1, 0.15) is 0 Å². The average molecular weight is 269 g/mol. The van der Waals surface area contributed by atoms with E-state index in [4.69, 9.17) is 0 Å². The van der Waals surface area contributed by atoms with Gasteiger partial charge >= 0.3 is 0 Å². The maximum Gasteiger partial charge on any atom is 0.0695 e. The first kappa shape index (κ1) is 17.0. The number of likely N-dealkylation sites (N-methyl/N-ethyl adjacent to an activating group) is 1. The van der Waals surface area contributed by atoms with Crippen LogP contribution in [0.15, 0.2) is 0 Å². The number of hydrogen-bond donors (Lipinski definition) is 1. The van der Waals surface area contributed by atoms with E-state index in [1.54, 1.807) is 0 Å². The highest BCUT2D eigenvalue weighted by Gasteiger charge is 2.24. The molecular weight excluding hydrogens is 234 g/mol. The first-order chi connectivity index (χ1) is 9.29. The smallest absolute Gasteiger partial charge is 0.0695 e. The predicted octanol–water partition coefficient (Wildman–Crippen LogP) is 4.36. The molecule has 1 aliphatic rings. The largest absolute Gasteiger partial charge is 0.391 e. The standard InChI is InChI=1S/C17H35NO/c1-3-15-18(4-2)16-13-11-9-7-5-6-8-10-12-14-17(16)19/h16-17,19H,3-15H2,1-2H3. The van der Waals surface area contributed by atoms with Crippen molar-refractivity contribution in [1.82, 2.24) is 4.90 Å². The summed E-state index contributed by atoms with van der Waals surface area (Å²) < 4.78 is 0. The summed E-state index contributed by atoms with van der Waals surface area (Å²) in [7, 11) is 0. The molecule has 2 heteroatoms. The molecule has 1 aliphatic carbocycles. The maximum absolute atomic E-state index is 10.5. The molecule has 19 heavy (non-hydrogen) atoms. The molecule has 2 unspecified atom stereocenters. The Kier molecular flexibility index (Phi) is 9.54. The highest BCUT2D eigenvalue weighted by Crippen LogP contribution is 2.21. The van der Waals surface area contributed by atoms with Crippen molar-refractivity contribution in [1.29, 1.82) is 0 Å². The molecule has 0 radical (unpaired) electrons. The van der Waals surface area contributed by atoms with E-state index in [0.29, 0.717) is 6.04 Å². The summed E-state index contributed by atoms with van der Waals surface area (Å²) >= 11 is 0. The molecule has 1 fully saturated rings. The summed E-state index contributed by atoms with van der Waals surface area (Å²) in [5, 5.41) is 10.5. The molecule has 1 rings (SSSR count). The third kappa shape index (κ3) is 6.76. The summed E-state index contributed by atoms with van der Waals surface area (Å²) in [5.74, 6) is 0. The Hall–Kier alpha value is -0.0800. The fourth-order valence-corrected chi connectivity index (χ4v) is 3.42. The van der Waals surface area contributed by atoms with Crippen molar-refractivity contribution in [3.8, 4) is 0 Å². The highest BCUT2D eigenvalue weighted by atomic mass is 16.3. The van der Waals surface area contributed by atoms with Crippen LogP contribution in [-0.2, 0) is 0 Å². The molecule has 0 spiro atoms. The maximum atomic E-state index is 10.5. The number of hydrogen-bond acceptors (Lipinski definition) is 2. The Labute approximate surface area is 120 Å². The molecule has 0 aliphatic heterocycles. The van der Waals surface area contributed by atoms with Crippen LogP contribution in [-0.4, -0.2) is 35.2 Å². The fraction of sp³-hybridized carbons (Fsp3) is 1.00. The van der Waals surface area contributed by atoms with Crippen molar-refractivity contribution >= 4 is 0 Å². The van der Waals surface area contributed by atoms with E-state index in [2.05, 4.69) is 18.7 Å². The van der Waals surface area contributed by atoms with Gasteiger partial charge in [-0.15, -0.1) is 0 Å². The lowest BCUT2D eigenvalue weighted by atomic mass is 9.94. The van der Waals surface area contributed by atoms with Gasteiger partial charge in [-0.05, 0) is 32.4 Å². The second kappa shape index (κ2) is 10.7. The molecule has 0 aromatic carbocycles.